The van der Waals surface area contributed by atoms with Gasteiger partial charge in [0.2, 0.25) is 0 Å². The number of carbonyl (C=O) groups excluding carboxylic acids is 1. The second-order valence-electron chi connectivity index (χ2n) is 4.63. The molecule has 1 saturated heterocycles. The molecule has 0 aliphatic carbocycles. The van der Waals surface area contributed by atoms with Crippen LogP contribution in [0.5, 0.6) is 0 Å². The maximum Gasteiger partial charge on any atom is 0.257 e. The zero-order valence-electron chi connectivity index (χ0n) is 11.0. The number of aromatic nitrogens is 1. The van der Waals surface area contributed by atoms with E-state index in [4.69, 9.17) is 16.9 Å². The Hall–Kier alpha value is -1.71. The number of rotatable bonds is 2. The third-order valence-electron chi connectivity index (χ3n) is 3.37. The SMILES string of the molecule is CC(C#N)N1CCN(C(=O)c2cc(F)cnc2Cl)CC1. The maximum atomic E-state index is 13.2. The molecule has 1 aliphatic heterocycles. The van der Waals surface area contributed by atoms with Gasteiger partial charge >= 0.3 is 0 Å². The number of hydrogen-bond acceptors (Lipinski definition) is 4. The maximum absolute atomic E-state index is 13.2. The molecule has 1 fully saturated rings. The van der Waals surface area contributed by atoms with Crippen molar-refractivity contribution >= 4 is 17.5 Å². The summed E-state index contributed by atoms with van der Waals surface area (Å²) in [6.07, 6.45) is 0.978. The predicted octanol–water partition coefficient (Wildman–Crippen LogP) is 1.54. The average Bonchev–Trinajstić information content (AvgIpc) is 2.48. The molecular formula is C13H14ClFN4O. The second kappa shape index (κ2) is 6.16. The van der Waals surface area contributed by atoms with Crippen LogP contribution in [0, 0.1) is 17.1 Å². The summed E-state index contributed by atoms with van der Waals surface area (Å²) in [4.78, 5) is 19.5. The van der Waals surface area contributed by atoms with Crippen molar-refractivity contribution in [3.05, 3.63) is 28.8 Å². The molecule has 1 aliphatic rings. The first-order valence-electron chi connectivity index (χ1n) is 6.27. The van der Waals surface area contributed by atoms with Gasteiger partial charge in [-0.1, -0.05) is 11.6 Å². The van der Waals surface area contributed by atoms with Crippen LogP contribution in [0.15, 0.2) is 12.3 Å². The van der Waals surface area contributed by atoms with Crippen molar-refractivity contribution in [2.75, 3.05) is 26.2 Å². The fraction of sp³-hybridized carbons (Fsp3) is 0.462. The van der Waals surface area contributed by atoms with Gasteiger partial charge in [-0.2, -0.15) is 5.26 Å². The van der Waals surface area contributed by atoms with Crippen LogP contribution >= 0.6 is 11.6 Å². The van der Waals surface area contributed by atoms with Crippen molar-refractivity contribution in [3.63, 3.8) is 0 Å². The van der Waals surface area contributed by atoms with Crippen LogP contribution in [0.4, 0.5) is 4.39 Å². The van der Waals surface area contributed by atoms with Gasteiger partial charge in [-0.25, -0.2) is 9.37 Å². The molecule has 0 radical (unpaired) electrons. The first-order valence-corrected chi connectivity index (χ1v) is 6.64. The van der Waals surface area contributed by atoms with Crippen molar-refractivity contribution in [1.29, 1.82) is 5.26 Å². The topological polar surface area (TPSA) is 60.2 Å². The molecule has 1 atom stereocenters. The Morgan fingerprint density at radius 1 is 1.50 bits per heavy atom. The minimum absolute atomic E-state index is 0.00391. The second-order valence-corrected chi connectivity index (χ2v) is 4.98. The van der Waals surface area contributed by atoms with Crippen LogP contribution in [0.1, 0.15) is 17.3 Å². The number of nitriles is 1. The summed E-state index contributed by atoms with van der Waals surface area (Å²) in [5.41, 5.74) is 0.0773. The van der Waals surface area contributed by atoms with E-state index >= 15 is 0 Å². The third kappa shape index (κ3) is 3.06. The standard InChI is InChI=1S/C13H14ClFN4O/c1-9(7-16)18-2-4-19(5-3-18)13(20)11-6-10(15)8-17-12(11)14/h6,8-9H,2-5H2,1H3. The summed E-state index contributed by atoms with van der Waals surface area (Å²) in [5, 5.41) is 8.87. The van der Waals surface area contributed by atoms with Crippen molar-refractivity contribution in [2.24, 2.45) is 0 Å². The summed E-state index contributed by atoms with van der Waals surface area (Å²) < 4.78 is 13.2. The minimum Gasteiger partial charge on any atom is -0.336 e. The highest BCUT2D eigenvalue weighted by atomic mass is 35.5. The summed E-state index contributed by atoms with van der Waals surface area (Å²) in [6, 6.07) is 3.09. The number of carbonyl (C=O) groups is 1. The van der Waals surface area contributed by atoms with Crippen LogP contribution in [0.25, 0.3) is 0 Å². The molecule has 2 rings (SSSR count). The summed E-state index contributed by atoms with van der Waals surface area (Å²) >= 11 is 5.83. The molecule has 0 N–H and O–H groups in total. The van der Waals surface area contributed by atoms with Gasteiger partial charge in [0, 0.05) is 26.2 Å². The van der Waals surface area contributed by atoms with Gasteiger partial charge in [0.05, 0.1) is 23.9 Å². The number of amides is 1. The molecule has 1 unspecified atom stereocenters. The van der Waals surface area contributed by atoms with Crippen molar-refractivity contribution in [2.45, 2.75) is 13.0 Å². The number of pyridine rings is 1. The fourth-order valence-corrected chi connectivity index (χ4v) is 2.32. The first kappa shape index (κ1) is 14.7. The van der Waals surface area contributed by atoms with Crippen LogP contribution in [-0.4, -0.2) is 52.9 Å². The number of halogens is 2. The molecular weight excluding hydrogens is 283 g/mol. The molecule has 7 heteroatoms. The van der Waals surface area contributed by atoms with Gasteiger partial charge in [0.25, 0.3) is 5.91 Å². The fourth-order valence-electron chi connectivity index (χ4n) is 2.14. The summed E-state index contributed by atoms with van der Waals surface area (Å²) in [5.74, 6) is -0.916. The average molecular weight is 297 g/mol. The lowest BCUT2D eigenvalue weighted by atomic mass is 10.2. The highest BCUT2D eigenvalue weighted by molar-refractivity contribution is 6.32. The summed E-state index contributed by atoms with van der Waals surface area (Å²) in [6.45, 7) is 4.02. The van der Waals surface area contributed by atoms with Crippen LogP contribution in [-0.2, 0) is 0 Å². The molecule has 0 bridgehead atoms. The zero-order valence-corrected chi connectivity index (χ0v) is 11.8. The molecule has 5 nitrogen and oxygen atoms in total. The Morgan fingerprint density at radius 3 is 2.75 bits per heavy atom. The van der Waals surface area contributed by atoms with Crippen LogP contribution in [0.2, 0.25) is 5.15 Å². The van der Waals surface area contributed by atoms with Gasteiger partial charge in [-0.05, 0) is 13.0 Å². The van der Waals surface area contributed by atoms with E-state index in [1.165, 1.54) is 0 Å². The lowest BCUT2D eigenvalue weighted by molar-refractivity contribution is 0.0615. The van der Waals surface area contributed by atoms with E-state index in [0.717, 1.165) is 12.3 Å². The molecule has 2 heterocycles. The van der Waals surface area contributed by atoms with Gasteiger partial charge in [0.15, 0.2) is 0 Å². The molecule has 0 saturated carbocycles. The van der Waals surface area contributed by atoms with E-state index in [0.29, 0.717) is 26.2 Å². The van der Waals surface area contributed by atoms with Crippen molar-refractivity contribution in [3.8, 4) is 6.07 Å². The monoisotopic (exact) mass is 296 g/mol. The van der Waals surface area contributed by atoms with Gasteiger partial charge in [-0.15, -0.1) is 0 Å². The molecule has 1 aromatic heterocycles. The third-order valence-corrected chi connectivity index (χ3v) is 3.67. The zero-order chi connectivity index (χ0) is 14.7. The normalized spacial score (nSPS) is 17.6. The van der Waals surface area contributed by atoms with E-state index in [1.54, 1.807) is 4.90 Å². The van der Waals surface area contributed by atoms with Crippen LogP contribution in [0.3, 0.4) is 0 Å². The Labute approximate surface area is 121 Å². The molecule has 20 heavy (non-hydrogen) atoms. The number of nitrogens with zero attached hydrogens (tertiary/aromatic N) is 4. The molecule has 1 amide bonds. The first-order chi connectivity index (χ1) is 9.52. The van der Waals surface area contributed by atoms with Gasteiger partial charge in [0.1, 0.15) is 11.0 Å². The Bertz CT molecular complexity index is 552. The van der Waals surface area contributed by atoms with E-state index in [1.807, 2.05) is 11.8 Å². The minimum atomic E-state index is -0.588. The highest BCUT2D eigenvalue weighted by Crippen LogP contribution is 2.17. The van der Waals surface area contributed by atoms with E-state index in [-0.39, 0.29) is 22.7 Å². The smallest absolute Gasteiger partial charge is 0.257 e. The number of piperazine rings is 1. The van der Waals surface area contributed by atoms with Crippen molar-refractivity contribution < 1.29 is 9.18 Å². The predicted molar refractivity (Wildman–Crippen MR) is 71.8 cm³/mol. The van der Waals surface area contributed by atoms with Crippen LogP contribution < -0.4 is 0 Å². The van der Waals surface area contributed by atoms with E-state index in [9.17, 15) is 9.18 Å². The Balaban J connectivity index is 2.05. The molecule has 1 aromatic rings. The van der Waals surface area contributed by atoms with Crippen molar-refractivity contribution in [1.82, 2.24) is 14.8 Å². The largest absolute Gasteiger partial charge is 0.336 e. The van der Waals surface area contributed by atoms with E-state index in [2.05, 4.69) is 11.1 Å². The lowest BCUT2D eigenvalue weighted by Crippen LogP contribution is -2.51. The van der Waals surface area contributed by atoms with Gasteiger partial charge in [-0.3, -0.25) is 9.69 Å². The Kier molecular flexibility index (Phi) is 4.53. The molecule has 106 valence electrons. The number of hydrogen-bond donors (Lipinski definition) is 0. The molecule has 0 aromatic carbocycles. The lowest BCUT2D eigenvalue weighted by Gasteiger charge is -2.35. The van der Waals surface area contributed by atoms with E-state index < -0.39 is 5.82 Å². The summed E-state index contributed by atoms with van der Waals surface area (Å²) in [7, 11) is 0. The Morgan fingerprint density at radius 2 is 2.15 bits per heavy atom. The quantitative estimate of drug-likeness (QED) is 0.777. The van der Waals surface area contributed by atoms with Gasteiger partial charge < -0.3 is 4.90 Å². The highest BCUT2D eigenvalue weighted by Gasteiger charge is 2.26. The molecule has 0 spiro atoms.